The molecule has 0 aromatic heterocycles. The van der Waals surface area contributed by atoms with Gasteiger partial charge in [-0.05, 0) is 72.3 Å². The highest BCUT2D eigenvalue weighted by atomic mass is 35.5. The van der Waals surface area contributed by atoms with Crippen LogP contribution in [0.5, 0.6) is 17.2 Å². The normalized spacial score (nSPS) is 16.5. The van der Waals surface area contributed by atoms with Crippen LogP contribution in [-0.2, 0) is 9.59 Å². The summed E-state index contributed by atoms with van der Waals surface area (Å²) in [6.07, 6.45) is 0. The first-order chi connectivity index (χ1) is 18.4. The first kappa shape index (κ1) is 25.0. The zero-order chi connectivity index (χ0) is 26.8. The van der Waals surface area contributed by atoms with Crippen LogP contribution in [0.25, 0.3) is 5.76 Å². The van der Waals surface area contributed by atoms with Crippen molar-refractivity contribution < 1.29 is 28.6 Å². The number of para-hydroxylation sites is 1. The van der Waals surface area contributed by atoms with E-state index >= 15 is 0 Å². The van der Waals surface area contributed by atoms with Crippen LogP contribution in [0.3, 0.4) is 0 Å². The van der Waals surface area contributed by atoms with Crippen LogP contribution in [0.4, 0.5) is 10.1 Å². The minimum atomic E-state index is -1.05. The SMILES string of the molecule is COc1ccc(Cl)c(/C(O)=C2\C(=O)C(=O)N(c3ccc(F)cc3)C2c2cccc(Oc3ccccc3)c2)c1. The minimum absolute atomic E-state index is 0.129. The number of Topliss-reactive ketones (excluding diaryl/α,β-unsaturated/α-hetero) is 1. The van der Waals surface area contributed by atoms with Crippen molar-refractivity contribution in [1.29, 1.82) is 0 Å². The van der Waals surface area contributed by atoms with Crippen LogP contribution < -0.4 is 14.4 Å². The van der Waals surface area contributed by atoms with E-state index < -0.39 is 29.3 Å². The number of benzene rings is 4. The molecular weight excluding hydrogens is 509 g/mol. The zero-order valence-electron chi connectivity index (χ0n) is 20.1. The Labute approximate surface area is 223 Å². The molecule has 0 spiro atoms. The number of halogens is 2. The van der Waals surface area contributed by atoms with Gasteiger partial charge in [0, 0.05) is 11.3 Å². The highest BCUT2D eigenvalue weighted by Gasteiger charge is 2.47. The summed E-state index contributed by atoms with van der Waals surface area (Å²) in [4.78, 5) is 28.0. The second-order valence-electron chi connectivity index (χ2n) is 8.48. The molecule has 0 radical (unpaired) electrons. The number of anilines is 1. The summed E-state index contributed by atoms with van der Waals surface area (Å²) in [5.41, 5.74) is 0.724. The summed E-state index contributed by atoms with van der Waals surface area (Å²) >= 11 is 6.37. The molecule has 0 aliphatic carbocycles. The van der Waals surface area contributed by atoms with Crippen molar-refractivity contribution in [3.63, 3.8) is 0 Å². The second kappa shape index (κ2) is 10.4. The smallest absolute Gasteiger partial charge is 0.300 e. The summed E-state index contributed by atoms with van der Waals surface area (Å²) < 4.78 is 24.9. The van der Waals surface area contributed by atoms with E-state index in [0.29, 0.717) is 22.8 Å². The maximum absolute atomic E-state index is 13.7. The van der Waals surface area contributed by atoms with Crippen molar-refractivity contribution in [2.45, 2.75) is 6.04 Å². The highest BCUT2D eigenvalue weighted by Crippen LogP contribution is 2.44. The molecule has 1 amide bonds. The Kier molecular flexibility index (Phi) is 6.85. The van der Waals surface area contributed by atoms with Crippen LogP contribution >= 0.6 is 11.6 Å². The summed E-state index contributed by atoms with van der Waals surface area (Å²) in [6, 6.07) is 24.7. The van der Waals surface area contributed by atoms with Gasteiger partial charge < -0.3 is 14.6 Å². The lowest BCUT2D eigenvalue weighted by atomic mass is 9.95. The predicted octanol–water partition coefficient (Wildman–Crippen LogP) is 6.91. The van der Waals surface area contributed by atoms with Crippen LogP contribution in [-0.4, -0.2) is 23.9 Å². The van der Waals surface area contributed by atoms with Crippen molar-refractivity contribution in [1.82, 2.24) is 0 Å². The second-order valence-corrected chi connectivity index (χ2v) is 8.89. The molecule has 1 fully saturated rings. The molecule has 0 saturated carbocycles. The molecule has 1 unspecified atom stereocenters. The molecule has 1 aliphatic heterocycles. The van der Waals surface area contributed by atoms with Gasteiger partial charge in [0.1, 0.15) is 28.8 Å². The van der Waals surface area contributed by atoms with Crippen molar-refractivity contribution >= 4 is 34.7 Å². The lowest BCUT2D eigenvalue weighted by Gasteiger charge is -2.26. The van der Waals surface area contributed by atoms with Crippen LogP contribution in [0, 0.1) is 5.82 Å². The Bertz CT molecular complexity index is 1550. The molecule has 1 atom stereocenters. The standard InChI is InChI=1S/C30H21ClFNO5/c1-37-22-14-15-25(31)24(17-22)28(34)26-27(33(30(36)29(26)35)20-12-10-19(32)11-13-20)18-6-5-9-23(16-18)38-21-7-3-2-4-8-21/h2-17,27,34H,1H3/b28-26+. The molecular formula is C30H21ClFNO5. The van der Waals surface area contributed by atoms with Crippen LogP contribution in [0.1, 0.15) is 17.2 Å². The van der Waals surface area contributed by atoms with Gasteiger partial charge in [0.2, 0.25) is 0 Å². The van der Waals surface area contributed by atoms with E-state index in [1.54, 1.807) is 42.5 Å². The fourth-order valence-electron chi connectivity index (χ4n) is 4.35. The molecule has 8 heteroatoms. The monoisotopic (exact) mass is 529 g/mol. The third kappa shape index (κ3) is 4.71. The van der Waals surface area contributed by atoms with Crippen molar-refractivity contribution in [2.75, 3.05) is 12.0 Å². The van der Waals surface area contributed by atoms with Gasteiger partial charge >= 0.3 is 0 Å². The molecule has 5 rings (SSSR count). The van der Waals surface area contributed by atoms with E-state index in [1.165, 1.54) is 48.4 Å². The molecule has 1 saturated heterocycles. The van der Waals surface area contributed by atoms with E-state index in [1.807, 2.05) is 18.2 Å². The predicted molar refractivity (Wildman–Crippen MR) is 142 cm³/mol. The largest absolute Gasteiger partial charge is 0.507 e. The maximum Gasteiger partial charge on any atom is 0.300 e. The number of hydrogen-bond donors (Lipinski definition) is 1. The molecule has 1 heterocycles. The number of carbonyl (C=O) groups excluding carboxylic acids is 2. The van der Waals surface area contributed by atoms with Gasteiger partial charge in [0.15, 0.2) is 0 Å². The molecule has 1 aliphatic rings. The molecule has 38 heavy (non-hydrogen) atoms. The summed E-state index contributed by atoms with van der Waals surface area (Å²) in [7, 11) is 1.46. The molecule has 4 aromatic carbocycles. The number of aliphatic hydroxyl groups excluding tert-OH is 1. The number of methoxy groups -OCH3 is 1. The van der Waals surface area contributed by atoms with Crippen LogP contribution in [0.2, 0.25) is 5.02 Å². The van der Waals surface area contributed by atoms with Gasteiger partial charge in [0.25, 0.3) is 11.7 Å². The van der Waals surface area contributed by atoms with E-state index in [-0.39, 0.29) is 21.8 Å². The fourth-order valence-corrected chi connectivity index (χ4v) is 4.55. The number of aliphatic hydroxyl groups is 1. The Morgan fingerprint density at radius 2 is 1.58 bits per heavy atom. The van der Waals surface area contributed by atoms with Crippen molar-refractivity contribution in [2.24, 2.45) is 0 Å². The average Bonchev–Trinajstić information content (AvgIpc) is 3.20. The minimum Gasteiger partial charge on any atom is -0.507 e. The number of amides is 1. The van der Waals surface area contributed by atoms with E-state index in [2.05, 4.69) is 0 Å². The fraction of sp³-hybridized carbons (Fsp3) is 0.0667. The van der Waals surface area contributed by atoms with Gasteiger partial charge in [-0.15, -0.1) is 0 Å². The number of nitrogens with zero attached hydrogens (tertiary/aromatic N) is 1. The van der Waals surface area contributed by atoms with E-state index in [4.69, 9.17) is 21.1 Å². The summed E-state index contributed by atoms with van der Waals surface area (Å²) in [5.74, 6) is -1.29. The van der Waals surface area contributed by atoms with Crippen molar-refractivity contribution in [3.8, 4) is 17.2 Å². The van der Waals surface area contributed by atoms with Gasteiger partial charge in [-0.1, -0.05) is 41.9 Å². The average molecular weight is 530 g/mol. The first-order valence-electron chi connectivity index (χ1n) is 11.6. The number of hydrogen-bond acceptors (Lipinski definition) is 5. The Hall–Kier alpha value is -4.62. The maximum atomic E-state index is 13.7. The Balaban J connectivity index is 1.69. The Morgan fingerprint density at radius 1 is 0.868 bits per heavy atom. The molecule has 4 aromatic rings. The van der Waals surface area contributed by atoms with Crippen LogP contribution in [0.15, 0.2) is 103 Å². The van der Waals surface area contributed by atoms with Gasteiger partial charge in [-0.3, -0.25) is 14.5 Å². The van der Waals surface area contributed by atoms with E-state index in [9.17, 15) is 19.1 Å². The number of rotatable bonds is 6. The lowest BCUT2D eigenvalue weighted by Crippen LogP contribution is -2.29. The number of ether oxygens (including phenoxy) is 2. The van der Waals surface area contributed by atoms with Gasteiger partial charge in [-0.2, -0.15) is 0 Å². The quantitative estimate of drug-likeness (QED) is 0.167. The highest BCUT2D eigenvalue weighted by molar-refractivity contribution is 6.52. The molecule has 1 N–H and O–H groups in total. The number of carbonyl (C=O) groups is 2. The topological polar surface area (TPSA) is 76.1 Å². The summed E-state index contributed by atoms with van der Waals surface area (Å²) in [5, 5.41) is 11.6. The van der Waals surface area contributed by atoms with Gasteiger partial charge in [-0.25, -0.2) is 4.39 Å². The van der Waals surface area contributed by atoms with Crippen molar-refractivity contribution in [3.05, 3.63) is 125 Å². The zero-order valence-corrected chi connectivity index (χ0v) is 20.9. The third-order valence-corrected chi connectivity index (χ3v) is 6.46. The molecule has 190 valence electrons. The summed E-state index contributed by atoms with van der Waals surface area (Å²) in [6.45, 7) is 0. The van der Waals surface area contributed by atoms with Gasteiger partial charge in [0.05, 0.1) is 23.7 Å². The van der Waals surface area contributed by atoms with E-state index in [0.717, 1.165) is 0 Å². The molecule has 0 bridgehead atoms. The first-order valence-corrected chi connectivity index (χ1v) is 12.0. The Morgan fingerprint density at radius 3 is 2.29 bits per heavy atom. The molecule has 6 nitrogen and oxygen atoms in total. The lowest BCUT2D eigenvalue weighted by molar-refractivity contribution is -0.132. The number of ketones is 1. The third-order valence-electron chi connectivity index (χ3n) is 6.13.